The fraction of sp³-hybridized carbons (Fsp3) is 0.435. The largest absolute Gasteiger partial charge is 0.367 e. The summed E-state index contributed by atoms with van der Waals surface area (Å²) in [5, 5.41) is 0.616. The Bertz CT molecular complexity index is 861. The number of hydrogen-bond acceptors (Lipinski definition) is 3. The van der Waals surface area contributed by atoms with E-state index < -0.39 is 11.6 Å². The summed E-state index contributed by atoms with van der Waals surface area (Å²) in [4.78, 5) is 16.4. The van der Waals surface area contributed by atoms with Crippen molar-refractivity contribution in [2.45, 2.75) is 25.6 Å². The minimum absolute atomic E-state index is 0.0729. The standard InChI is InChI=1S/C23H25ClF2N2O2/c24-18-8-6-16(7-9-18)22(30-15-19-20(25)2-1-3-21(19)26)14-27-10-12-28(13-11-27)23(29)17-4-5-17/h1-3,6-9,17,22H,4-5,10-15H2. The van der Waals surface area contributed by atoms with Crippen LogP contribution in [-0.4, -0.2) is 48.4 Å². The Hall–Kier alpha value is -2.02. The van der Waals surface area contributed by atoms with Crippen molar-refractivity contribution in [2.24, 2.45) is 5.92 Å². The molecule has 4 rings (SSSR count). The highest BCUT2D eigenvalue weighted by Gasteiger charge is 2.34. The third-order valence-corrected chi connectivity index (χ3v) is 6.02. The molecule has 1 amide bonds. The molecule has 0 N–H and O–H groups in total. The number of carbonyl (C=O) groups is 1. The van der Waals surface area contributed by atoms with Crippen molar-refractivity contribution in [3.8, 4) is 0 Å². The first-order valence-electron chi connectivity index (χ1n) is 10.3. The van der Waals surface area contributed by atoms with Crippen LogP contribution in [0.15, 0.2) is 42.5 Å². The first-order valence-corrected chi connectivity index (χ1v) is 10.7. The molecule has 1 unspecified atom stereocenters. The van der Waals surface area contributed by atoms with E-state index in [4.69, 9.17) is 16.3 Å². The molecular weight excluding hydrogens is 410 g/mol. The lowest BCUT2D eigenvalue weighted by Crippen LogP contribution is -2.50. The van der Waals surface area contributed by atoms with E-state index in [1.165, 1.54) is 18.2 Å². The van der Waals surface area contributed by atoms with Crippen LogP contribution in [0.25, 0.3) is 0 Å². The molecule has 1 atom stereocenters. The van der Waals surface area contributed by atoms with Crippen molar-refractivity contribution in [1.82, 2.24) is 9.80 Å². The summed E-state index contributed by atoms with van der Waals surface area (Å²) in [6.07, 6.45) is 1.66. The third-order valence-electron chi connectivity index (χ3n) is 5.77. The first-order chi connectivity index (χ1) is 14.5. The van der Waals surface area contributed by atoms with Crippen molar-refractivity contribution < 1.29 is 18.3 Å². The number of amides is 1. The van der Waals surface area contributed by atoms with E-state index in [9.17, 15) is 13.6 Å². The van der Waals surface area contributed by atoms with Crippen LogP contribution >= 0.6 is 11.6 Å². The van der Waals surface area contributed by atoms with Crippen molar-refractivity contribution in [2.75, 3.05) is 32.7 Å². The van der Waals surface area contributed by atoms with Crippen molar-refractivity contribution >= 4 is 17.5 Å². The lowest BCUT2D eigenvalue weighted by molar-refractivity contribution is -0.134. The topological polar surface area (TPSA) is 32.8 Å². The van der Waals surface area contributed by atoms with Crippen molar-refractivity contribution in [3.05, 3.63) is 70.2 Å². The molecular formula is C23H25ClF2N2O2. The summed E-state index contributed by atoms with van der Waals surface area (Å²) < 4.78 is 34.0. The number of rotatable bonds is 7. The van der Waals surface area contributed by atoms with E-state index >= 15 is 0 Å². The van der Waals surface area contributed by atoms with Crippen molar-refractivity contribution in [3.63, 3.8) is 0 Å². The van der Waals surface area contributed by atoms with Crippen LogP contribution in [-0.2, 0) is 16.1 Å². The Kier molecular flexibility index (Phi) is 6.66. The van der Waals surface area contributed by atoms with Crippen LogP contribution in [0.1, 0.15) is 30.1 Å². The van der Waals surface area contributed by atoms with Gasteiger partial charge in [-0.05, 0) is 42.7 Å². The maximum Gasteiger partial charge on any atom is 0.225 e. The predicted molar refractivity (Wildman–Crippen MR) is 111 cm³/mol. The molecule has 0 radical (unpaired) electrons. The molecule has 0 spiro atoms. The number of nitrogens with zero attached hydrogens (tertiary/aromatic N) is 2. The number of benzene rings is 2. The zero-order valence-electron chi connectivity index (χ0n) is 16.7. The predicted octanol–water partition coefficient (Wildman–Crippen LogP) is 4.43. The molecule has 1 saturated carbocycles. The summed E-state index contributed by atoms with van der Waals surface area (Å²) in [7, 11) is 0. The van der Waals surface area contributed by atoms with Crippen LogP contribution in [0.2, 0.25) is 5.02 Å². The minimum atomic E-state index is -0.614. The van der Waals surface area contributed by atoms with Gasteiger partial charge < -0.3 is 9.64 Å². The molecule has 1 heterocycles. The number of halogens is 3. The third kappa shape index (κ3) is 5.17. The maximum atomic E-state index is 14.0. The molecule has 0 aromatic heterocycles. The summed E-state index contributed by atoms with van der Waals surface area (Å²) in [6, 6.07) is 11.1. The van der Waals surface area contributed by atoms with Gasteiger partial charge in [0.25, 0.3) is 0 Å². The second kappa shape index (κ2) is 9.41. The quantitative estimate of drug-likeness (QED) is 0.646. The van der Waals surface area contributed by atoms with E-state index in [1.807, 2.05) is 17.0 Å². The summed E-state index contributed by atoms with van der Waals surface area (Å²) >= 11 is 6.01. The number of hydrogen-bond donors (Lipinski definition) is 0. The Labute approximate surface area is 180 Å². The second-order valence-corrected chi connectivity index (χ2v) is 8.39. The van der Waals surface area contributed by atoms with Gasteiger partial charge in [-0.3, -0.25) is 9.69 Å². The average Bonchev–Trinajstić information content (AvgIpc) is 3.59. The van der Waals surface area contributed by atoms with Gasteiger partial charge >= 0.3 is 0 Å². The van der Waals surface area contributed by atoms with Gasteiger partial charge in [-0.25, -0.2) is 8.78 Å². The molecule has 7 heteroatoms. The fourth-order valence-corrected chi connectivity index (χ4v) is 3.89. The summed E-state index contributed by atoms with van der Waals surface area (Å²) in [5.74, 6) is -0.721. The van der Waals surface area contributed by atoms with Gasteiger partial charge in [0.1, 0.15) is 11.6 Å². The van der Waals surface area contributed by atoms with E-state index in [0.29, 0.717) is 24.7 Å². The molecule has 2 aliphatic rings. The van der Waals surface area contributed by atoms with Crippen LogP contribution in [0.3, 0.4) is 0 Å². The lowest BCUT2D eigenvalue weighted by atomic mass is 10.1. The first kappa shape index (κ1) is 21.2. The highest BCUT2D eigenvalue weighted by Crippen LogP contribution is 2.31. The molecule has 4 nitrogen and oxygen atoms in total. The van der Waals surface area contributed by atoms with Gasteiger partial charge in [0.2, 0.25) is 5.91 Å². The molecule has 160 valence electrons. The normalized spacial score (nSPS) is 18.4. The maximum absolute atomic E-state index is 14.0. The van der Waals surface area contributed by atoms with Gasteiger partial charge in [0.05, 0.1) is 12.7 Å². The monoisotopic (exact) mass is 434 g/mol. The summed E-state index contributed by atoms with van der Waals surface area (Å²) in [5.41, 5.74) is 0.823. The van der Waals surface area contributed by atoms with Gasteiger partial charge in [-0.1, -0.05) is 29.8 Å². The highest BCUT2D eigenvalue weighted by atomic mass is 35.5. The Balaban J connectivity index is 1.41. The molecule has 30 heavy (non-hydrogen) atoms. The Morgan fingerprint density at radius 3 is 2.27 bits per heavy atom. The van der Waals surface area contributed by atoms with E-state index in [1.54, 1.807) is 12.1 Å². The van der Waals surface area contributed by atoms with Crippen LogP contribution in [0.5, 0.6) is 0 Å². The Morgan fingerprint density at radius 1 is 1.03 bits per heavy atom. The van der Waals surface area contributed by atoms with Crippen LogP contribution in [0.4, 0.5) is 8.78 Å². The van der Waals surface area contributed by atoms with Crippen molar-refractivity contribution in [1.29, 1.82) is 0 Å². The zero-order chi connectivity index (χ0) is 21.1. The van der Waals surface area contributed by atoms with E-state index in [2.05, 4.69) is 4.90 Å². The van der Waals surface area contributed by atoms with E-state index in [0.717, 1.165) is 31.5 Å². The summed E-state index contributed by atoms with van der Waals surface area (Å²) in [6.45, 7) is 3.31. The SMILES string of the molecule is O=C(C1CC1)N1CCN(CC(OCc2c(F)cccc2F)c2ccc(Cl)cc2)CC1. The number of carbonyl (C=O) groups excluding carboxylic acids is 1. The molecule has 0 bridgehead atoms. The van der Waals surface area contributed by atoms with Gasteiger partial charge in [0, 0.05) is 49.2 Å². The molecule has 1 saturated heterocycles. The van der Waals surface area contributed by atoms with Gasteiger partial charge in [-0.2, -0.15) is 0 Å². The highest BCUT2D eigenvalue weighted by molar-refractivity contribution is 6.30. The second-order valence-electron chi connectivity index (χ2n) is 7.95. The van der Waals surface area contributed by atoms with Crippen LogP contribution in [0, 0.1) is 17.6 Å². The molecule has 2 fully saturated rings. The fourth-order valence-electron chi connectivity index (χ4n) is 3.76. The molecule has 2 aromatic rings. The minimum Gasteiger partial charge on any atom is -0.367 e. The van der Waals surface area contributed by atoms with E-state index in [-0.39, 0.29) is 30.1 Å². The molecule has 2 aromatic carbocycles. The molecule has 1 aliphatic heterocycles. The van der Waals surface area contributed by atoms with Gasteiger partial charge in [0.15, 0.2) is 0 Å². The van der Waals surface area contributed by atoms with Crippen LogP contribution < -0.4 is 0 Å². The lowest BCUT2D eigenvalue weighted by Gasteiger charge is -2.36. The molecule has 1 aliphatic carbocycles. The van der Waals surface area contributed by atoms with Gasteiger partial charge in [-0.15, -0.1) is 0 Å². The number of piperazine rings is 1. The zero-order valence-corrected chi connectivity index (χ0v) is 17.5. The smallest absolute Gasteiger partial charge is 0.225 e. The average molecular weight is 435 g/mol. The Morgan fingerprint density at radius 2 is 1.67 bits per heavy atom. The number of ether oxygens (including phenoxy) is 1.